The number of rotatable bonds is 7. The monoisotopic (exact) mass is 295 g/mol. The number of sulfonamides is 1. The molecular formula is C12H17N5O2S. The van der Waals surface area contributed by atoms with E-state index in [2.05, 4.69) is 20.1 Å². The third-order valence-corrected chi connectivity index (χ3v) is 4.00. The molecule has 0 unspecified atom stereocenters. The van der Waals surface area contributed by atoms with E-state index in [4.69, 9.17) is 0 Å². The number of nitrogens with zero attached hydrogens (tertiary/aromatic N) is 3. The molecule has 2 N–H and O–H groups in total. The van der Waals surface area contributed by atoms with Crippen LogP contribution in [0.1, 0.15) is 6.42 Å². The van der Waals surface area contributed by atoms with Crippen molar-refractivity contribution in [2.75, 3.05) is 18.3 Å². The molecule has 20 heavy (non-hydrogen) atoms. The molecule has 2 aromatic heterocycles. The van der Waals surface area contributed by atoms with E-state index in [1.807, 2.05) is 7.05 Å². The lowest BCUT2D eigenvalue weighted by Crippen LogP contribution is -2.13. The lowest BCUT2D eigenvalue weighted by molar-refractivity contribution is 0.561. The van der Waals surface area contributed by atoms with Gasteiger partial charge in [-0.3, -0.25) is 14.4 Å². The van der Waals surface area contributed by atoms with Crippen LogP contribution in [0.5, 0.6) is 0 Å². The normalized spacial score (nSPS) is 11.4. The summed E-state index contributed by atoms with van der Waals surface area (Å²) in [7, 11) is -1.73. The average molecular weight is 295 g/mol. The van der Waals surface area contributed by atoms with Crippen molar-refractivity contribution >= 4 is 15.7 Å². The van der Waals surface area contributed by atoms with Gasteiger partial charge in [0.15, 0.2) is 0 Å². The van der Waals surface area contributed by atoms with Gasteiger partial charge in [-0.15, -0.1) is 0 Å². The summed E-state index contributed by atoms with van der Waals surface area (Å²) in [4.78, 5) is 3.99. The summed E-state index contributed by atoms with van der Waals surface area (Å²) in [6.45, 7) is 1.53. The van der Waals surface area contributed by atoms with E-state index in [9.17, 15) is 8.42 Å². The highest BCUT2D eigenvalue weighted by Gasteiger charge is 2.16. The minimum Gasteiger partial charge on any atom is -0.320 e. The first-order valence-corrected chi connectivity index (χ1v) is 7.70. The van der Waals surface area contributed by atoms with Gasteiger partial charge in [0.1, 0.15) is 4.90 Å². The predicted octanol–water partition coefficient (Wildman–Crippen LogP) is 0.688. The van der Waals surface area contributed by atoms with Gasteiger partial charge in [0.25, 0.3) is 10.0 Å². The molecule has 0 aromatic carbocycles. The van der Waals surface area contributed by atoms with Crippen molar-refractivity contribution in [1.29, 1.82) is 0 Å². The summed E-state index contributed by atoms with van der Waals surface area (Å²) in [5.41, 5.74) is 0.475. The standard InChI is InChI=1S/C12H17N5O2S/c1-13-5-2-8-17-10-12(9-15-17)20(18,19)16-11-3-6-14-7-4-11/h3-4,6-7,9-10,13H,2,5,8H2,1H3,(H,14,16). The fourth-order valence-electron chi connectivity index (χ4n) is 1.66. The molecule has 0 amide bonds. The Morgan fingerprint density at radius 2 is 2.05 bits per heavy atom. The Balaban J connectivity index is 2.06. The Kier molecular flexibility index (Phi) is 4.70. The van der Waals surface area contributed by atoms with Crippen LogP contribution in [0.25, 0.3) is 0 Å². The Hall–Kier alpha value is -1.93. The highest BCUT2D eigenvalue weighted by molar-refractivity contribution is 7.92. The van der Waals surface area contributed by atoms with Crippen LogP contribution in [0.4, 0.5) is 5.69 Å². The molecule has 0 aliphatic heterocycles. The molecule has 2 rings (SSSR count). The van der Waals surface area contributed by atoms with Gasteiger partial charge in [-0.1, -0.05) is 0 Å². The first kappa shape index (κ1) is 14.5. The van der Waals surface area contributed by atoms with Crippen molar-refractivity contribution in [3.63, 3.8) is 0 Å². The summed E-state index contributed by atoms with van der Waals surface area (Å²) >= 11 is 0. The molecule has 0 aliphatic carbocycles. The van der Waals surface area contributed by atoms with Crippen LogP contribution in [0.3, 0.4) is 0 Å². The quantitative estimate of drug-likeness (QED) is 0.734. The number of pyridine rings is 1. The summed E-state index contributed by atoms with van der Waals surface area (Å²) in [5.74, 6) is 0. The first-order chi connectivity index (χ1) is 9.62. The number of hydrogen-bond donors (Lipinski definition) is 2. The van der Waals surface area contributed by atoms with Crippen molar-refractivity contribution < 1.29 is 8.42 Å². The van der Waals surface area contributed by atoms with Crippen molar-refractivity contribution in [2.45, 2.75) is 17.9 Å². The molecule has 8 heteroatoms. The SMILES string of the molecule is CNCCCn1cc(S(=O)(=O)Nc2ccncc2)cn1. The maximum atomic E-state index is 12.1. The maximum Gasteiger partial charge on any atom is 0.265 e. The molecule has 0 fully saturated rings. The van der Waals surface area contributed by atoms with E-state index in [0.717, 1.165) is 13.0 Å². The van der Waals surface area contributed by atoms with Crippen LogP contribution in [-0.4, -0.2) is 36.8 Å². The van der Waals surface area contributed by atoms with Gasteiger partial charge in [0.05, 0.1) is 11.9 Å². The molecule has 0 radical (unpaired) electrons. The van der Waals surface area contributed by atoms with Gasteiger partial charge < -0.3 is 5.32 Å². The van der Waals surface area contributed by atoms with Crippen LogP contribution in [0.15, 0.2) is 41.8 Å². The maximum absolute atomic E-state index is 12.1. The zero-order valence-electron chi connectivity index (χ0n) is 11.2. The van der Waals surface area contributed by atoms with Gasteiger partial charge in [0, 0.05) is 25.1 Å². The average Bonchev–Trinajstić information content (AvgIpc) is 2.89. The van der Waals surface area contributed by atoms with E-state index in [0.29, 0.717) is 12.2 Å². The Bertz CT molecular complexity index is 639. The van der Waals surface area contributed by atoms with Crippen molar-refractivity contribution in [1.82, 2.24) is 20.1 Å². The highest BCUT2D eigenvalue weighted by Crippen LogP contribution is 2.14. The summed E-state index contributed by atoms with van der Waals surface area (Å²) in [6.07, 6.45) is 6.82. The van der Waals surface area contributed by atoms with Gasteiger partial charge in [-0.05, 0) is 32.1 Å². The second kappa shape index (κ2) is 6.49. The zero-order valence-corrected chi connectivity index (χ0v) is 12.0. The fourth-order valence-corrected chi connectivity index (χ4v) is 2.67. The fraction of sp³-hybridized carbons (Fsp3) is 0.333. The zero-order chi connectivity index (χ0) is 14.4. The number of nitrogens with one attached hydrogen (secondary N) is 2. The Labute approximate surface area is 118 Å². The lowest BCUT2D eigenvalue weighted by Gasteiger charge is -2.05. The van der Waals surface area contributed by atoms with Crippen LogP contribution in [0, 0.1) is 0 Å². The third kappa shape index (κ3) is 3.78. The number of hydrogen-bond acceptors (Lipinski definition) is 5. The summed E-state index contributed by atoms with van der Waals surface area (Å²) < 4.78 is 28.4. The molecule has 0 bridgehead atoms. The van der Waals surface area contributed by atoms with Crippen molar-refractivity contribution in [2.24, 2.45) is 0 Å². The largest absolute Gasteiger partial charge is 0.320 e. The van der Waals surface area contributed by atoms with Crippen LogP contribution in [0.2, 0.25) is 0 Å². The van der Waals surface area contributed by atoms with Crippen molar-refractivity contribution in [3.05, 3.63) is 36.9 Å². The van der Waals surface area contributed by atoms with Gasteiger partial charge in [-0.25, -0.2) is 8.42 Å². The second-order valence-corrected chi connectivity index (χ2v) is 5.92. The molecule has 108 valence electrons. The molecule has 2 heterocycles. The molecule has 7 nitrogen and oxygen atoms in total. The molecule has 0 spiro atoms. The van der Waals surface area contributed by atoms with Gasteiger partial charge >= 0.3 is 0 Å². The molecular weight excluding hydrogens is 278 g/mol. The second-order valence-electron chi connectivity index (χ2n) is 4.24. The summed E-state index contributed by atoms with van der Waals surface area (Å²) in [6, 6.07) is 3.18. The summed E-state index contributed by atoms with van der Waals surface area (Å²) in [5, 5.41) is 7.08. The highest BCUT2D eigenvalue weighted by atomic mass is 32.2. The molecule has 0 saturated heterocycles. The third-order valence-electron chi connectivity index (χ3n) is 2.67. The number of aryl methyl sites for hydroxylation is 1. The lowest BCUT2D eigenvalue weighted by atomic mass is 10.4. The topological polar surface area (TPSA) is 88.9 Å². The first-order valence-electron chi connectivity index (χ1n) is 6.22. The van der Waals surface area contributed by atoms with Crippen LogP contribution < -0.4 is 10.0 Å². The van der Waals surface area contributed by atoms with E-state index in [1.54, 1.807) is 16.8 Å². The van der Waals surface area contributed by atoms with Crippen LogP contribution in [-0.2, 0) is 16.6 Å². The number of anilines is 1. The Morgan fingerprint density at radius 3 is 2.75 bits per heavy atom. The van der Waals surface area contributed by atoms with Crippen molar-refractivity contribution in [3.8, 4) is 0 Å². The van der Waals surface area contributed by atoms with E-state index in [-0.39, 0.29) is 4.90 Å². The molecule has 0 aliphatic rings. The predicted molar refractivity (Wildman–Crippen MR) is 75.8 cm³/mol. The van der Waals surface area contributed by atoms with E-state index < -0.39 is 10.0 Å². The van der Waals surface area contributed by atoms with Crippen LogP contribution >= 0.6 is 0 Å². The van der Waals surface area contributed by atoms with Gasteiger partial charge in [-0.2, -0.15) is 5.10 Å². The smallest absolute Gasteiger partial charge is 0.265 e. The molecule has 2 aromatic rings. The number of aromatic nitrogens is 3. The molecule has 0 atom stereocenters. The minimum absolute atomic E-state index is 0.152. The molecule has 0 saturated carbocycles. The van der Waals surface area contributed by atoms with Gasteiger partial charge in [0.2, 0.25) is 0 Å². The Morgan fingerprint density at radius 1 is 1.30 bits per heavy atom. The van der Waals surface area contributed by atoms with E-state index in [1.165, 1.54) is 24.8 Å². The minimum atomic E-state index is -3.60. The van der Waals surface area contributed by atoms with E-state index >= 15 is 0 Å².